The zero-order valence-electron chi connectivity index (χ0n) is 33.1. The molecule has 2 aliphatic heterocycles. The smallest absolute Gasteiger partial charge is 0.410 e. The van der Waals surface area contributed by atoms with Crippen molar-refractivity contribution < 1.29 is 28.1 Å². The number of ether oxygens (including phenoxy) is 3. The van der Waals surface area contributed by atoms with Crippen molar-refractivity contribution in [1.82, 2.24) is 29.6 Å². The fraction of sp³-hybridized carbons (Fsp3) is 0.718. The minimum atomic E-state index is -1.40. The number of fused-ring (bicyclic) bond motifs is 2. The fourth-order valence-electron chi connectivity index (χ4n) is 8.49. The van der Waals surface area contributed by atoms with E-state index in [9.17, 15) is 13.9 Å². The first kappa shape index (κ1) is 40.3. The molecule has 0 saturated carbocycles. The van der Waals surface area contributed by atoms with E-state index < -0.39 is 37.8 Å². The lowest BCUT2D eigenvalue weighted by Crippen LogP contribution is -2.51. The van der Waals surface area contributed by atoms with Crippen LogP contribution in [0.3, 0.4) is 0 Å². The number of hydrogen-bond acceptors (Lipinski definition) is 11. The van der Waals surface area contributed by atoms with E-state index in [2.05, 4.69) is 26.9 Å². The van der Waals surface area contributed by atoms with Gasteiger partial charge in [0.15, 0.2) is 0 Å². The molecule has 4 atom stereocenters. The minimum absolute atomic E-state index is 0.0507. The molecule has 294 valence electrons. The van der Waals surface area contributed by atoms with E-state index in [4.69, 9.17) is 24.2 Å². The zero-order valence-corrected chi connectivity index (χ0v) is 34.7. The van der Waals surface area contributed by atoms with E-state index in [0.29, 0.717) is 37.7 Å². The van der Waals surface area contributed by atoms with Crippen LogP contribution in [-0.2, 0) is 40.3 Å². The van der Waals surface area contributed by atoms with Gasteiger partial charge in [-0.1, -0.05) is 12.1 Å². The van der Waals surface area contributed by atoms with Gasteiger partial charge in [0.25, 0.3) is 0 Å². The van der Waals surface area contributed by atoms with Crippen molar-refractivity contribution in [2.24, 2.45) is 10.8 Å². The number of amides is 1. The summed E-state index contributed by atoms with van der Waals surface area (Å²) in [6, 6.07) is 7.59. The highest BCUT2D eigenvalue weighted by molar-refractivity contribution is 7.91. The van der Waals surface area contributed by atoms with Crippen LogP contribution in [-0.4, -0.2) is 85.6 Å². The lowest BCUT2D eigenvalue weighted by Gasteiger charge is -2.43. The van der Waals surface area contributed by atoms with E-state index in [-0.39, 0.29) is 29.0 Å². The molecule has 2 aliphatic carbocycles. The molecule has 2 fully saturated rings. The number of piperidine rings is 2. The summed E-state index contributed by atoms with van der Waals surface area (Å²) >= 11 is -2.70. The molecule has 4 heterocycles. The molecule has 0 radical (unpaired) electrons. The first-order valence-electron chi connectivity index (χ1n) is 19.0. The molecule has 4 aliphatic rings. The molecular formula is C39H60N6O6S2. The topological polar surface area (TPSA) is 156 Å². The molecule has 2 aromatic heterocycles. The monoisotopic (exact) mass is 772 g/mol. The highest BCUT2D eigenvalue weighted by atomic mass is 32.2. The summed E-state index contributed by atoms with van der Waals surface area (Å²) in [4.78, 5) is 25.1. The van der Waals surface area contributed by atoms with Crippen LogP contribution >= 0.6 is 0 Å². The van der Waals surface area contributed by atoms with Gasteiger partial charge in [-0.25, -0.2) is 14.8 Å². The minimum Gasteiger partial charge on any atom is -0.598 e. The number of pyridine rings is 2. The third kappa shape index (κ3) is 8.44. The standard InChI is InChI=1S/C39H60N6O6S2/c1-35(2,3)52(47)43-33-31-27(11-13-29(42-31)50-9)25-39(33)18-22-45(23-19-39)34(46)51-36(4,5)14-15-37(6,7)53(48)44-32-30-26(10-12-28(41-30)49-8)24-38(32)16-20-40-21-17-38/h10-13,32-33,40,43-44H,14-25H2,1-9H3/t32-,33-,52-,53-/m1/s1. The predicted molar refractivity (Wildman–Crippen MR) is 208 cm³/mol. The Hall–Kier alpha value is -2.33. The van der Waals surface area contributed by atoms with Crippen LogP contribution in [0.25, 0.3) is 0 Å². The number of aromatic nitrogens is 2. The Bertz CT molecular complexity index is 1620. The normalized spacial score (nSPS) is 23.4. The first-order chi connectivity index (χ1) is 24.9. The lowest BCUT2D eigenvalue weighted by atomic mass is 9.73. The molecule has 3 N–H and O–H groups in total. The van der Waals surface area contributed by atoms with Crippen LogP contribution in [0.5, 0.6) is 11.8 Å². The van der Waals surface area contributed by atoms with Gasteiger partial charge >= 0.3 is 6.09 Å². The molecule has 53 heavy (non-hydrogen) atoms. The third-order valence-electron chi connectivity index (χ3n) is 12.1. The molecule has 2 saturated heterocycles. The van der Waals surface area contributed by atoms with Crippen molar-refractivity contribution in [3.8, 4) is 11.8 Å². The highest BCUT2D eigenvalue weighted by Gasteiger charge is 2.53. The van der Waals surface area contributed by atoms with Gasteiger partial charge in [0.05, 0.1) is 25.6 Å². The third-order valence-corrected chi connectivity index (χ3v) is 15.3. The largest absolute Gasteiger partial charge is 0.598 e. The summed E-state index contributed by atoms with van der Waals surface area (Å²) in [5, 5.41) is 3.48. The fourth-order valence-corrected chi connectivity index (χ4v) is 10.6. The van der Waals surface area contributed by atoms with E-state index in [1.807, 2.05) is 60.6 Å². The average Bonchev–Trinajstić information content (AvgIpc) is 3.56. The Labute approximate surface area is 322 Å². The van der Waals surface area contributed by atoms with Gasteiger partial charge in [-0.3, -0.25) is 0 Å². The second kappa shape index (κ2) is 15.3. The molecular weight excluding hydrogens is 713 g/mol. The quantitative estimate of drug-likeness (QED) is 0.244. The second-order valence-corrected chi connectivity index (χ2v) is 21.6. The molecule has 0 aromatic carbocycles. The van der Waals surface area contributed by atoms with Gasteiger partial charge in [0, 0.05) is 65.2 Å². The summed E-state index contributed by atoms with van der Waals surface area (Å²) in [5.41, 5.74) is 3.09. The van der Waals surface area contributed by atoms with E-state index >= 15 is 0 Å². The summed E-state index contributed by atoms with van der Waals surface area (Å²) in [7, 11) is 3.23. The molecule has 2 spiro atoms. The number of nitrogens with zero attached hydrogens (tertiary/aromatic N) is 3. The summed E-state index contributed by atoms with van der Waals surface area (Å²) in [6.45, 7) is 16.7. The number of likely N-dealkylation sites (tertiary alicyclic amines) is 1. The lowest BCUT2D eigenvalue weighted by molar-refractivity contribution is -0.00759. The molecule has 12 nitrogen and oxygen atoms in total. The molecule has 14 heteroatoms. The SMILES string of the molecule is COc1ccc2c(n1)[C@@H](N[S@+]([O-])C(C)(C)C)C1(CCN(C(=O)OC(C)(C)CCC(C)(C)[S@@+]([O-])N[C@@H]3c4nc(OC)ccc4CC34CCNCC4)CC1)C2. The van der Waals surface area contributed by atoms with E-state index in [1.165, 1.54) is 5.56 Å². The Morgan fingerprint density at radius 1 is 0.811 bits per heavy atom. The van der Waals surface area contributed by atoms with Gasteiger partial charge in [0.1, 0.15) is 27.2 Å². The van der Waals surface area contributed by atoms with Gasteiger partial charge < -0.3 is 33.5 Å². The maximum Gasteiger partial charge on any atom is 0.410 e. The Kier molecular flexibility index (Phi) is 11.7. The van der Waals surface area contributed by atoms with Crippen molar-refractivity contribution in [2.75, 3.05) is 40.4 Å². The van der Waals surface area contributed by atoms with Crippen LogP contribution in [0.2, 0.25) is 0 Å². The van der Waals surface area contributed by atoms with Gasteiger partial charge in [-0.15, -0.1) is 9.44 Å². The van der Waals surface area contributed by atoms with E-state index in [0.717, 1.165) is 68.6 Å². The van der Waals surface area contributed by atoms with Crippen molar-refractivity contribution in [1.29, 1.82) is 0 Å². The van der Waals surface area contributed by atoms with Crippen LogP contribution in [0.15, 0.2) is 24.3 Å². The molecule has 1 amide bonds. The molecule has 2 aromatic rings. The van der Waals surface area contributed by atoms with Crippen molar-refractivity contribution in [3.05, 3.63) is 46.8 Å². The Morgan fingerprint density at radius 3 is 1.79 bits per heavy atom. The number of hydrogen-bond donors (Lipinski definition) is 3. The number of carbonyl (C=O) groups excluding carboxylic acids is 1. The summed E-state index contributed by atoms with van der Waals surface area (Å²) < 4.78 is 50.6. The number of nitrogens with one attached hydrogen (secondary N) is 3. The number of methoxy groups -OCH3 is 2. The Morgan fingerprint density at radius 2 is 1.30 bits per heavy atom. The number of carbonyl (C=O) groups is 1. The second-order valence-electron chi connectivity index (χ2n) is 17.8. The average molecular weight is 773 g/mol. The maximum absolute atomic E-state index is 14.2. The predicted octanol–water partition coefficient (Wildman–Crippen LogP) is 5.62. The Balaban J connectivity index is 1.07. The summed E-state index contributed by atoms with van der Waals surface area (Å²) in [5.74, 6) is 1.10. The zero-order chi connectivity index (χ0) is 38.4. The first-order valence-corrected chi connectivity index (χ1v) is 21.3. The van der Waals surface area contributed by atoms with Crippen LogP contribution < -0.4 is 24.2 Å². The maximum atomic E-state index is 14.2. The van der Waals surface area contributed by atoms with Crippen molar-refractivity contribution in [3.63, 3.8) is 0 Å². The van der Waals surface area contributed by atoms with Gasteiger partial charge in [0.2, 0.25) is 11.8 Å². The van der Waals surface area contributed by atoms with Gasteiger partial charge in [-0.05, 0) is 118 Å². The van der Waals surface area contributed by atoms with Crippen LogP contribution in [0.4, 0.5) is 4.79 Å². The van der Waals surface area contributed by atoms with E-state index in [1.54, 1.807) is 19.1 Å². The van der Waals surface area contributed by atoms with Crippen molar-refractivity contribution >= 4 is 28.8 Å². The highest BCUT2D eigenvalue weighted by Crippen LogP contribution is 2.53. The van der Waals surface area contributed by atoms with Gasteiger partial charge in [-0.2, -0.15) is 0 Å². The molecule has 6 rings (SSSR count). The van der Waals surface area contributed by atoms with Crippen LogP contribution in [0, 0.1) is 10.8 Å². The van der Waals surface area contributed by atoms with Crippen LogP contribution in [0.1, 0.15) is 122 Å². The molecule has 0 bridgehead atoms. The van der Waals surface area contributed by atoms with Crippen molar-refractivity contribution in [2.45, 2.75) is 127 Å². The summed E-state index contributed by atoms with van der Waals surface area (Å²) in [6.07, 6.45) is 5.90. The molecule has 0 unspecified atom stereocenters. The number of rotatable bonds is 11.